The number of likely N-dealkylation sites (tertiary alicyclic amines) is 1. The third-order valence-corrected chi connectivity index (χ3v) is 4.19. The van der Waals surface area contributed by atoms with Crippen molar-refractivity contribution in [1.82, 2.24) is 10.2 Å². The van der Waals surface area contributed by atoms with Gasteiger partial charge in [0.25, 0.3) is 0 Å². The van der Waals surface area contributed by atoms with Crippen molar-refractivity contribution in [1.29, 1.82) is 0 Å². The van der Waals surface area contributed by atoms with E-state index in [0.717, 1.165) is 12.1 Å². The molecule has 9 heteroatoms. The number of carbonyl (C=O) groups is 3. The van der Waals surface area contributed by atoms with Gasteiger partial charge in [0.2, 0.25) is 11.8 Å². The van der Waals surface area contributed by atoms with Crippen LogP contribution in [0.1, 0.15) is 30.0 Å². The summed E-state index contributed by atoms with van der Waals surface area (Å²) in [6, 6.07) is 3.51. The molecule has 2 N–H and O–H groups in total. The van der Waals surface area contributed by atoms with E-state index in [4.69, 9.17) is 5.11 Å². The van der Waals surface area contributed by atoms with Gasteiger partial charge in [0.05, 0.1) is 17.5 Å². The van der Waals surface area contributed by atoms with Gasteiger partial charge in [-0.05, 0) is 24.1 Å². The molecular weight excluding hydrogens is 341 g/mol. The lowest BCUT2D eigenvalue weighted by Crippen LogP contribution is -2.47. The van der Waals surface area contributed by atoms with Gasteiger partial charge in [0.1, 0.15) is 6.54 Å². The van der Waals surface area contributed by atoms with Gasteiger partial charge in [-0.25, -0.2) is 0 Å². The number of benzene rings is 1. The van der Waals surface area contributed by atoms with E-state index >= 15 is 0 Å². The standard InChI is InChI=1S/C16H17F3N2O4/c1-21-12(22)7-6-11(15(25)20-8-13(23)24)14(21)9-2-4-10(5-3-9)16(17,18)19/h2-5,11,14H,6-8H2,1H3,(H,20,25)(H,23,24)/t11-,14-/m1/s1. The van der Waals surface area contributed by atoms with E-state index in [1.807, 2.05) is 0 Å². The third-order valence-electron chi connectivity index (χ3n) is 4.19. The van der Waals surface area contributed by atoms with Gasteiger partial charge in [-0.1, -0.05) is 12.1 Å². The van der Waals surface area contributed by atoms with Crippen LogP contribution in [0.25, 0.3) is 0 Å². The Balaban J connectivity index is 2.29. The number of nitrogens with one attached hydrogen (secondary N) is 1. The van der Waals surface area contributed by atoms with Crippen LogP contribution in [0.3, 0.4) is 0 Å². The van der Waals surface area contributed by atoms with Gasteiger partial charge >= 0.3 is 12.1 Å². The zero-order chi connectivity index (χ0) is 18.8. The molecule has 0 saturated carbocycles. The normalized spacial score (nSPS) is 21.1. The number of aliphatic carboxylic acids is 1. The number of amides is 2. The number of hydrogen-bond donors (Lipinski definition) is 2. The number of carboxylic acids is 1. The highest BCUT2D eigenvalue weighted by Gasteiger charge is 2.39. The van der Waals surface area contributed by atoms with Crippen LogP contribution in [-0.4, -0.2) is 41.4 Å². The Hall–Kier alpha value is -2.58. The first-order valence-electron chi connectivity index (χ1n) is 7.53. The quantitative estimate of drug-likeness (QED) is 0.860. The second-order valence-electron chi connectivity index (χ2n) is 5.83. The monoisotopic (exact) mass is 358 g/mol. The van der Waals surface area contributed by atoms with Crippen LogP contribution < -0.4 is 5.32 Å². The lowest BCUT2D eigenvalue weighted by atomic mass is 9.83. The number of carbonyl (C=O) groups excluding carboxylic acids is 2. The molecule has 1 aliphatic heterocycles. The summed E-state index contributed by atoms with van der Waals surface area (Å²) in [6.45, 7) is -0.563. The summed E-state index contributed by atoms with van der Waals surface area (Å²) in [6.07, 6.45) is -4.18. The van der Waals surface area contributed by atoms with E-state index in [1.54, 1.807) is 0 Å². The highest BCUT2D eigenvalue weighted by Crippen LogP contribution is 2.37. The van der Waals surface area contributed by atoms with E-state index in [0.29, 0.717) is 5.56 Å². The SMILES string of the molecule is CN1C(=O)CC[C@@H](C(=O)NCC(=O)O)[C@H]1c1ccc(C(F)(F)F)cc1. The Morgan fingerprint density at radius 1 is 1.28 bits per heavy atom. The first kappa shape index (κ1) is 18.8. The zero-order valence-electron chi connectivity index (χ0n) is 13.3. The molecule has 1 aromatic rings. The molecule has 0 unspecified atom stereocenters. The molecule has 0 bridgehead atoms. The molecule has 0 spiro atoms. The number of carboxylic acid groups (broad SMARTS) is 1. The van der Waals surface area contributed by atoms with Crippen LogP contribution in [0.2, 0.25) is 0 Å². The van der Waals surface area contributed by atoms with Gasteiger partial charge < -0.3 is 15.3 Å². The fraction of sp³-hybridized carbons (Fsp3) is 0.438. The van der Waals surface area contributed by atoms with Crippen LogP contribution in [0, 0.1) is 5.92 Å². The fourth-order valence-electron chi connectivity index (χ4n) is 2.93. The fourth-order valence-corrected chi connectivity index (χ4v) is 2.93. The van der Waals surface area contributed by atoms with Crippen LogP contribution >= 0.6 is 0 Å². The minimum atomic E-state index is -4.48. The number of alkyl halides is 3. The molecule has 0 aromatic heterocycles. The van der Waals surface area contributed by atoms with Crippen molar-refractivity contribution < 1.29 is 32.7 Å². The van der Waals surface area contributed by atoms with Crippen LogP contribution in [0.4, 0.5) is 13.2 Å². The summed E-state index contributed by atoms with van der Waals surface area (Å²) in [7, 11) is 1.47. The lowest BCUT2D eigenvalue weighted by molar-refractivity contribution is -0.144. The Kier molecular flexibility index (Phi) is 5.34. The number of rotatable bonds is 4. The van der Waals surface area contributed by atoms with Crippen LogP contribution in [0.15, 0.2) is 24.3 Å². The largest absolute Gasteiger partial charge is 0.480 e. The molecule has 136 valence electrons. The molecule has 0 aliphatic carbocycles. The lowest BCUT2D eigenvalue weighted by Gasteiger charge is -2.38. The second kappa shape index (κ2) is 7.12. The molecule has 0 radical (unpaired) electrons. The average Bonchev–Trinajstić information content (AvgIpc) is 2.54. The molecule has 1 fully saturated rings. The van der Waals surface area contributed by atoms with E-state index in [-0.39, 0.29) is 18.7 Å². The second-order valence-corrected chi connectivity index (χ2v) is 5.83. The Morgan fingerprint density at radius 2 is 1.88 bits per heavy atom. The minimum Gasteiger partial charge on any atom is -0.480 e. The molecule has 6 nitrogen and oxygen atoms in total. The van der Waals surface area contributed by atoms with E-state index < -0.39 is 42.1 Å². The van der Waals surface area contributed by atoms with Crippen molar-refractivity contribution in [2.45, 2.75) is 25.1 Å². The molecule has 1 aromatic carbocycles. The van der Waals surface area contributed by atoms with E-state index in [1.165, 1.54) is 24.1 Å². The van der Waals surface area contributed by atoms with E-state index in [9.17, 15) is 27.6 Å². The Bertz CT molecular complexity index is 673. The zero-order valence-corrected chi connectivity index (χ0v) is 13.3. The maximum atomic E-state index is 12.7. The summed E-state index contributed by atoms with van der Waals surface area (Å²) in [5.74, 6) is -2.72. The predicted molar refractivity (Wildman–Crippen MR) is 80.3 cm³/mol. The molecule has 1 heterocycles. The first-order valence-corrected chi connectivity index (χ1v) is 7.53. The summed E-state index contributed by atoms with van der Waals surface area (Å²) in [5.41, 5.74) is -0.438. The average molecular weight is 358 g/mol. The van der Waals surface area contributed by atoms with Gasteiger partial charge in [-0.3, -0.25) is 14.4 Å². The summed E-state index contributed by atoms with van der Waals surface area (Å²) in [4.78, 5) is 36.1. The van der Waals surface area contributed by atoms with Gasteiger partial charge in [0, 0.05) is 13.5 Å². The van der Waals surface area contributed by atoms with Crippen molar-refractivity contribution in [2.75, 3.05) is 13.6 Å². The molecule has 25 heavy (non-hydrogen) atoms. The summed E-state index contributed by atoms with van der Waals surface area (Å²) in [5, 5.41) is 10.9. The smallest absolute Gasteiger partial charge is 0.416 e. The topological polar surface area (TPSA) is 86.7 Å². The molecule has 2 amide bonds. The van der Waals surface area contributed by atoms with Crippen molar-refractivity contribution in [3.63, 3.8) is 0 Å². The molecular formula is C16H17F3N2O4. The van der Waals surface area contributed by atoms with Gasteiger partial charge in [-0.2, -0.15) is 13.2 Å². The molecule has 2 rings (SSSR count). The number of nitrogens with zero attached hydrogens (tertiary/aromatic N) is 1. The van der Waals surface area contributed by atoms with Crippen LogP contribution in [-0.2, 0) is 20.6 Å². The summed E-state index contributed by atoms with van der Waals surface area (Å²) < 4.78 is 38.1. The molecule has 1 saturated heterocycles. The minimum absolute atomic E-state index is 0.110. The molecule has 1 aliphatic rings. The van der Waals surface area contributed by atoms with Crippen molar-refractivity contribution in [3.8, 4) is 0 Å². The van der Waals surface area contributed by atoms with Gasteiger partial charge in [0.15, 0.2) is 0 Å². The Labute approximate surface area is 141 Å². The third kappa shape index (κ3) is 4.28. The number of hydrogen-bond acceptors (Lipinski definition) is 3. The van der Waals surface area contributed by atoms with Crippen LogP contribution in [0.5, 0.6) is 0 Å². The molecule has 2 atom stereocenters. The maximum absolute atomic E-state index is 12.7. The number of piperidine rings is 1. The number of halogens is 3. The van der Waals surface area contributed by atoms with Gasteiger partial charge in [-0.15, -0.1) is 0 Å². The van der Waals surface area contributed by atoms with Crippen molar-refractivity contribution in [3.05, 3.63) is 35.4 Å². The first-order chi connectivity index (χ1) is 11.6. The maximum Gasteiger partial charge on any atom is 0.416 e. The van der Waals surface area contributed by atoms with Crippen molar-refractivity contribution >= 4 is 17.8 Å². The Morgan fingerprint density at radius 3 is 2.40 bits per heavy atom. The van der Waals surface area contributed by atoms with Crippen molar-refractivity contribution in [2.24, 2.45) is 5.92 Å². The predicted octanol–water partition coefficient (Wildman–Crippen LogP) is 1.82. The highest BCUT2D eigenvalue weighted by molar-refractivity contribution is 5.86. The summed E-state index contributed by atoms with van der Waals surface area (Å²) >= 11 is 0. The highest BCUT2D eigenvalue weighted by atomic mass is 19.4. The van der Waals surface area contributed by atoms with E-state index in [2.05, 4.69) is 5.32 Å².